The molecule has 29 heavy (non-hydrogen) atoms. The molecule has 2 heterocycles. The minimum absolute atomic E-state index is 0.0629. The van der Waals surface area contributed by atoms with E-state index < -0.39 is 15.9 Å². The van der Waals surface area contributed by atoms with E-state index in [2.05, 4.69) is 5.16 Å². The van der Waals surface area contributed by atoms with Crippen molar-refractivity contribution in [1.29, 1.82) is 0 Å². The quantitative estimate of drug-likeness (QED) is 0.614. The van der Waals surface area contributed by atoms with E-state index in [0.29, 0.717) is 17.2 Å². The van der Waals surface area contributed by atoms with Gasteiger partial charge in [0.05, 0.1) is 11.5 Å². The predicted molar refractivity (Wildman–Crippen MR) is 110 cm³/mol. The Morgan fingerprint density at radius 1 is 1.14 bits per heavy atom. The molecule has 0 bridgehead atoms. The monoisotopic (exact) mass is 430 g/mol. The Hall–Kier alpha value is -2.64. The molecule has 1 aliphatic heterocycles. The van der Waals surface area contributed by atoms with Gasteiger partial charge in [0.15, 0.2) is 21.3 Å². The van der Waals surface area contributed by atoms with Crippen molar-refractivity contribution in [3.8, 4) is 11.3 Å². The minimum atomic E-state index is -3.17. The summed E-state index contributed by atoms with van der Waals surface area (Å²) in [6.07, 6.45) is 0.391. The summed E-state index contributed by atoms with van der Waals surface area (Å²) < 4.78 is 29.4. The van der Waals surface area contributed by atoms with E-state index in [1.165, 1.54) is 0 Å². The molecule has 1 aromatic heterocycles. The minimum Gasteiger partial charge on any atom is -0.355 e. The zero-order chi connectivity index (χ0) is 20.4. The molecule has 0 saturated carbocycles. The molecule has 0 N–H and O–H groups in total. The Labute approximate surface area is 174 Å². The Kier molecular flexibility index (Phi) is 5.43. The zero-order valence-corrected chi connectivity index (χ0v) is 17.1. The highest BCUT2D eigenvalue weighted by Crippen LogP contribution is 2.26. The molecule has 0 aliphatic carbocycles. The number of hydrogen-bond acceptors (Lipinski definition) is 5. The van der Waals surface area contributed by atoms with Crippen LogP contribution in [0.15, 0.2) is 65.2 Å². The number of benzene rings is 2. The SMILES string of the molecule is O=C(c1cc(-c2ccccc2)on1)N(Cc1ccccc1Cl)C1CCS(=O)(=O)C1. The van der Waals surface area contributed by atoms with Crippen molar-refractivity contribution >= 4 is 27.3 Å². The van der Waals surface area contributed by atoms with Crippen molar-refractivity contribution in [2.45, 2.75) is 19.0 Å². The largest absolute Gasteiger partial charge is 0.355 e. The molecule has 0 spiro atoms. The predicted octanol–water partition coefficient (Wildman–Crippen LogP) is 3.82. The summed E-state index contributed by atoms with van der Waals surface area (Å²) in [6, 6.07) is 17.7. The molecule has 0 radical (unpaired) electrons. The highest BCUT2D eigenvalue weighted by molar-refractivity contribution is 7.91. The van der Waals surface area contributed by atoms with E-state index in [1.807, 2.05) is 48.5 Å². The fourth-order valence-electron chi connectivity index (χ4n) is 3.46. The Bertz CT molecular complexity index is 1130. The number of amides is 1. The average Bonchev–Trinajstić information content (AvgIpc) is 3.34. The Morgan fingerprint density at radius 3 is 2.55 bits per heavy atom. The summed E-state index contributed by atoms with van der Waals surface area (Å²) in [5.41, 5.74) is 1.69. The second-order valence-corrected chi connectivity index (χ2v) is 9.66. The van der Waals surface area contributed by atoms with Crippen LogP contribution >= 0.6 is 11.6 Å². The molecule has 3 aromatic rings. The van der Waals surface area contributed by atoms with Gasteiger partial charge in [0.1, 0.15) is 0 Å². The summed E-state index contributed by atoms with van der Waals surface area (Å²) in [7, 11) is -3.17. The molecular formula is C21H19ClN2O4S. The van der Waals surface area contributed by atoms with Gasteiger partial charge in [-0.2, -0.15) is 0 Å². The second-order valence-electron chi connectivity index (χ2n) is 7.02. The Balaban J connectivity index is 1.64. The van der Waals surface area contributed by atoms with Crippen LogP contribution in [0.4, 0.5) is 0 Å². The lowest BCUT2D eigenvalue weighted by molar-refractivity contribution is 0.0670. The number of nitrogens with zero attached hydrogens (tertiary/aromatic N) is 2. The first-order chi connectivity index (χ1) is 13.9. The van der Waals surface area contributed by atoms with Gasteiger partial charge in [-0.15, -0.1) is 0 Å². The highest BCUT2D eigenvalue weighted by Gasteiger charge is 2.36. The van der Waals surface area contributed by atoms with Crippen molar-refractivity contribution in [2.75, 3.05) is 11.5 Å². The van der Waals surface area contributed by atoms with E-state index in [4.69, 9.17) is 16.1 Å². The zero-order valence-electron chi connectivity index (χ0n) is 15.5. The fraction of sp³-hybridized carbons (Fsp3) is 0.238. The third-order valence-electron chi connectivity index (χ3n) is 5.00. The van der Waals surface area contributed by atoms with Crippen LogP contribution in [0.25, 0.3) is 11.3 Å². The molecule has 1 unspecified atom stereocenters. The van der Waals surface area contributed by atoms with Gasteiger partial charge in [0.25, 0.3) is 5.91 Å². The lowest BCUT2D eigenvalue weighted by Gasteiger charge is -2.28. The van der Waals surface area contributed by atoms with Crippen LogP contribution in [0.3, 0.4) is 0 Å². The first kappa shape index (κ1) is 19.7. The molecule has 1 saturated heterocycles. The molecule has 1 atom stereocenters. The topological polar surface area (TPSA) is 80.5 Å². The van der Waals surface area contributed by atoms with Gasteiger partial charge in [-0.05, 0) is 18.1 Å². The molecule has 6 nitrogen and oxygen atoms in total. The van der Waals surface area contributed by atoms with Gasteiger partial charge in [-0.25, -0.2) is 8.42 Å². The standard InChI is InChI=1S/C21H19ClN2O4S/c22-18-9-5-4-8-16(18)13-24(17-10-11-29(26,27)14-17)21(25)19-12-20(28-23-19)15-6-2-1-3-7-15/h1-9,12,17H,10-11,13-14H2. The molecule has 1 amide bonds. The van der Waals surface area contributed by atoms with Crippen LogP contribution in [0.1, 0.15) is 22.5 Å². The fourth-order valence-corrected chi connectivity index (χ4v) is 5.39. The summed E-state index contributed by atoms with van der Waals surface area (Å²) >= 11 is 6.28. The van der Waals surface area contributed by atoms with Gasteiger partial charge in [-0.3, -0.25) is 4.79 Å². The number of halogens is 1. The number of carbonyl (C=O) groups is 1. The van der Waals surface area contributed by atoms with Crippen LogP contribution in [0.5, 0.6) is 0 Å². The average molecular weight is 431 g/mol. The maximum absolute atomic E-state index is 13.3. The second kappa shape index (κ2) is 8.00. The first-order valence-electron chi connectivity index (χ1n) is 9.20. The molecule has 150 valence electrons. The van der Waals surface area contributed by atoms with Gasteiger partial charge >= 0.3 is 0 Å². The number of rotatable bonds is 5. The lowest BCUT2D eigenvalue weighted by atomic mass is 10.1. The van der Waals surface area contributed by atoms with Gasteiger partial charge in [0.2, 0.25) is 0 Å². The van der Waals surface area contributed by atoms with E-state index in [0.717, 1.165) is 11.1 Å². The van der Waals surface area contributed by atoms with Crippen molar-refractivity contribution in [3.63, 3.8) is 0 Å². The third kappa shape index (κ3) is 4.36. The van der Waals surface area contributed by atoms with E-state index in [-0.39, 0.29) is 29.7 Å². The molecule has 1 fully saturated rings. The van der Waals surface area contributed by atoms with E-state index in [1.54, 1.807) is 17.0 Å². The van der Waals surface area contributed by atoms with Crippen molar-refractivity contribution in [3.05, 3.63) is 76.9 Å². The molecule has 8 heteroatoms. The summed E-state index contributed by atoms with van der Waals surface area (Å²) in [4.78, 5) is 14.8. The maximum atomic E-state index is 13.3. The molecular weight excluding hydrogens is 412 g/mol. The van der Waals surface area contributed by atoms with Crippen LogP contribution in [0, 0.1) is 0 Å². The number of sulfone groups is 1. The van der Waals surface area contributed by atoms with Crippen LogP contribution in [0.2, 0.25) is 5.02 Å². The highest BCUT2D eigenvalue weighted by atomic mass is 35.5. The summed E-state index contributed by atoms with van der Waals surface area (Å²) in [5.74, 6) is 0.105. The lowest BCUT2D eigenvalue weighted by Crippen LogP contribution is -2.40. The number of carbonyl (C=O) groups excluding carboxylic acids is 1. The molecule has 4 rings (SSSR count). The van der Waals surface area contributed by atoms with Crippen LogP contribution < -0.4 is 0 Å². The van der Waals surface area contributed by atoms with Crippen LogP contribution in [-0.4, -0.2) is 41.9 Å². The van der Waals surface area contributed by atoms with E-state index in [9.17, 15) is 13.2 Å². The molecule has 2 aromatic carbocycles. The van der Waals surface area contributed by atoms with Crippen molar-refractivity contribution < 1.29 is 17.7 Å². The smallest absolute Gasteiger partial charge is 0.276 e. The van der Waals surface area contributed by atoms with Crippen molar-refractivity contribution in [1.82, 2.24) is 10.1 Å². The number of hydrogen-bond donors (Lipinski definition) is 0. The first-order valence-corrected chi connectivity index (χ1v) is 11.4. The Morgan fingerprint density at radius 2 is 1.86 bits per heavy atom. The van der Waals surface area contributed by atoms with Crippen LogP contribution in [-0.2, 0) is 16.4 Å². The van der Waals surface area contributed by atoms with Crippen molar-refractivity contribution in [2.24, 2.45) is 0 Å². The van der Waals surface area contributed by atoms with E-state index >= 15 is 0 Å². The van der Waals surface area contributed by atoms with Gasteiger partial charge in [0, 0.05) is 29.2 Å². The normalized spacial score (nSPS) is 17.9. The maximum Gasteiger partial charge on any atom is 0.276 e. The van der Waals surface area contributed by atoms with Gasteiger partial charge < -0.3 is 9.42 Å². The summed E-state index contributed by atoms with van der Waals surface area (Å²) in [5, 5.41) is 4.46. The number of aromatic nitrogens is 1. The van der Waals surface area contributed by atoms with Gasteiger partial charge in [-0.1, -0.05) is 65.3 Å². The third-order valence-corrected chi connectivity index (χ3v) is 7.12. The molecule has 1 aliphatic rings. The summed E-state index contributed by atoms with van der Waals surface area (Å²) in [6.45, 7) is 0.201.